The van der Waals surface area contributed by atoms with Crippen molar-refractivity contribution in [2.24, 2.45) is 5.41 Å². The number of allylic oxidation sites excluding steroid dienone is 2. The SMILES string of the molecule is CC1(C)CC(SC(=CC=S)c2ccccc2)=CC(N2CCOCC2)C1. The minimum Gasteiger partial charge on any atom is -0.379 e. The zero-order valence-electron chi connectivity index (χ0n) is 15.1. The van der Waals surface area contributed by atoms with Gasteiger partial charge in [0.2, 0.25) is 0 Å². The van der Waals surface area contributed by atoms with Crippen LogP contribution in [-0.2, 0) is 4.74 Å². The molecule has 1 atom stereocenters. The van der Waals surface area contributed by atoms with E-state index in [4.69, 9.17) is 17.0 Å². The van der Waals surface area contributed by atoms with E-state index in [1.807, 2.05) is 11.8 Å². The topological polar surface area (TPSA) is 12.5 Å². The molecule has 1 aromatic carbocycles. The average Bonchev–Trinajstić information content (AvgIpc) is 2.61. The molecule has 1 aliphatic carbocycles. The van der Waals surface area contributed by atoms with Gasteiger partial charge in [0.15, 0.2) is 0 Å². The number of morpholine rings is 1. The predicted molar refractivity (Wildman–Crippen MR) is 113 cm³/mol. The zero-order valence-corrected chi connectivity index (χ0v) is 16.7. The van der Waals surface area contributed by atoms with E-state index in [0.29, 0.717) is 11.5 Å². The Labute approximate surface area is 161 Å². The molecule has 0 N–H and O–H groups in total. The van der Waals surface area contributed by atoms with Gasteiger partial charge in [-0.3, -0.25) is 4.90 Å². The second-order valence-corrected chi connectivity index (χ2v) is 8.97. The molecule has 1 heterocycles. The maximum atomic E-state index is 5.53. The van der Waals surface area contributed by atoms with Crippen molar-refractivity contribution in [3.63, 3.8) is 0 Å². The van der Waals surface area contributed by atoms with Crippen LogP contribution in [0.3, 0.4) is 0 Å². The quantitative estimate of drug-likeness (QED) is 0.521. The standard InChI is InChI=1S/C21H27NOS2/c1-21(2)15-18(22-9-11-23-12-10-22)14-19(16-21)25-20(8-13-24)17-6-4-3-5-7-17/h3-8,13-14,18H,9-12,15-16H2,1-2H3. The average molecular weight is 374 g/mol. The summed E-state index contributed by atoms with van der Waals surface area (Å²) in [5.41, 5.74) is 1.56. The molecule has 0 spiro atoms. The molecule has 4 heteroatoms. The number of nitrogens with zero attached hydrogens (tertiary/aromatic N) is 1. The van der Waals surface area contributed by atoms with Crippen LogP contribution in [0, 0.1) is 5.41 Å². The largest absolute Gasteiger partial charge is 0.379 e. The Bertz CT molecular complexity index is 645. The van der Waals surface area contributed by atoms with Crippen LogP contribution in [-0.4, -0.2) is 42.6 Å². The summed E-state index contributed by atoms with van der Waals surface area (Å²) in [5, 5.41) is 1.73. The van der Waals surface area contributed by atoms with Gasteiger partial charge < -0.3 is 4.74 Å². The predicted octanol–water partition coefficient (Wildman–Crippen LogP) is 5.17. The number of benzene rings is 1. The fourth-order valence-corrected chi connectivity index (χ4v) is 5.23. The molecule has 0 amide bonds. The normalized spacial score (nSPS) is 24.6. The lowest BCUT2D eigenvalue weighted by atomic mass is 9.78. The number of hydrogen-bond acceptors (Lipinski definition) is 4. The highest BCUT2D eigenvalue weighted by Crippen LogP contribution is 2.45. The zero-order chi connectivity index (χ0) is 17.7. The Morgan fingerprint density at radius 1 is 1.24 bits per heavy atom. The van der Waals surface area contributed by atoms with Crippen molar-refractivity contribution in [3.05, 3.63) is 53.0 Å². The van der Waals surface area contributed by atoms with Crippen molar-refractivity contribution in [2.75, 3.05) is 26.3 Å². The number of hydrogen-bond donors (Lipinski definition) is 0. The molecule has 3 rings (SSSR count). The summed E-state index contributed by atoms with van der Waals surface area (Å²) in [6.45, 7) is 8.56. The van der Waals surface area contributed by atoms with E-state index >= 15 is 0 Å². The van der Waals surface area contributed by atoms with Crippen LogP contribution >= 0.6 is 24.0 Å². The van der Waals surface area contributed by atoms with Crippen molar-refractivity contribution in [2.45, 2.75) is 32.7 Å². The van der Waals surface area contributed by atoms with Gasteiger partial charge in [-0.05, 0) is 34.8 Å². The molecule has 1 saturated heterocycles. The first kappa shape index (κ1) is 18.8. The van der Waals surface area contributed by atoms with Crippen molar-refractivity contribution in [3.8, 4) is 0 Å². The Hall–Kier alpha value is -0.940. The van der Waals surface area contributed by atoms with Crippen LogP contribution in [0.15, 0.2) is 47.4 Å². The first-order chi connectivity index (χ1) is 12.1. The van der Waals surface area contributed by atoms with Gasteiger partial charge in [0.1, 0.15) is 0 Å². The van der Waals surface area contributed by atoms with Gasteiger partial charge in [-0.1, -0.05) is 74.2 Å². The highest BCUT2D eigenvalue weighted by Gasteiger charge is 2.32. The minimum absolute atomic E-state index is 0.319. The van der Waals surface area contributed by atoms with Gasteiger partial charge in [-0.15, -0.1) is 0 Å². The molecular formula is C21H27NOS2. The van der Waals surface area contributed by atoms with Crippen molar-refractivity contribution < 1.29 is 4.74 Å². The smallest absolute Gasteiger partial charge is 0.0594 e. The summed E-state index contributed by atoms with van der Waals surface area (Å²) in [7, 11) is 0. The third kappa shape index (κ3) is 5.27. The fourth-order valence-electron chi connectivity index (χ4n) is 3.65. The molecule has 0 aromatic heterocycles. The van der Waals surface area contributed by atoms with Gasteiger partial charge in [-0.25, -0.2) is 0 Å². The lowest BCUT2D eigenvalue weighted by molar-refractivity contribution is 0.0156. The van der Waals surface area contributed by atoms with Crippen LogP contribution in [0.25, 0.3) is 4.91 Å². The number of thiocarbonyl (C=S) groups is 1. The molecule has 0 radical (unpaired) electrons. The van der Waals surface area contributed by atoms with Gasteiger partial charge in [0, 0.05) is 29.4 Å². The molecule has 0 saturated carbocycles. The van der Waals surface area contributed by atoms with Gasteiger partial charge in [0.05, 0.1) is 13.2 Å². The summed E-state index contributed by atoms with van der Waals surface area (Å²) in [4.78, 5) is 5.27. The van der Waals surface area contributed by atoms with E-state index in [-0.39, 0.29) is 0 Å². The summed E-state index contributed by atoms with van der Waals surface area (Å²) in [5.74, 6) is 0. The van der Waals surface area contributed by atoms with E-state index in [1.54, 1.807) is 5.37 Å². The first-order valence-corrected chi connectivity index (χ1v) is 10.3. The van der Waals surface area contributed by atoms with Gasteiger partial charge in [0.25, 0.3) is 0 Å². The van der Waals surface area contributed by atoms with Gasteiger partial charge in [-0.2, -0.15) is 0 Å². The van der Waals surface area contributed by atoms with Gasteiger partial charge >= 0.3 is 0 Å². The van der Waals surface area contributed by atoms with Crippen molar-refractivity contribution in [1.82, 2.24) is 4.90 Å². The molecule has 1 unspecified atom stereocenters. The van der Waals surface area contributed by atoms with E-state index in [0.717, 1.165) is 32.7 Å². The molecule has 25 heavy (non-hydrogen) atoms. The van der Waals surface area contributed by atoms with E-state index in [2.05, 4.69) is 61.2 Å². The fraction of sp³-hybridized carbons (Fsp3) is 0.476. The van der Waals surface area contributed by atoms with Crippen LogP contribution in [0.5, 0.6) is 0 Å². The third-order valence-corrected chi connectivity index (χ3v) is 6.10. The van der Waals surface area contributed by atoms with E-state index in [1.165, 1.54) is 21.8 Å². The molecule has 1 aliphatic heterocycles. The summed E-state index contributed by atoms with van der Waals surface area (Å²) >= 11 is 6.99. The maximum Gasteiger partial charge on any atom is 0.0594 e. The number of rotatable bonds is 5. The van der Waals surface area contributed by atoms with E-state index in [9.17, 15) is 0 Å². The second kappa shape index (κ2) is 8.63. The maximum absolute atomic E-state index is 5.53. The summed E-state index contributed by atoms with van der Waals surface area (Å²) in [6.07, 6.45) is 6.89. The molecular weight excluding hydrogens is 346 g/mol. The molecule has 2 nitrogen and oxygen atoms in total. The lowest BCUT2D eigenvalue weighted by Gasteiger charge is -2.41. The van der Waals surface area contributed by atoms with E-state index < -0.39 is 0 Å². The molecule has 2 aliphatic rings. The highest BCUT2D eigenvalue weighted by molar-refractivity contribution is 8.11. The third-order valence-electron chi connectivity index (χ3n) is 4.83. The second-order valence-electron chi connectivity index (χ2n) is 7.53. The molecule has 134 valence electrons. The minimum atomic E-state index is 0.319. The molecule has 1 fully saturated rings. The highest BCUT2D eigenvalue weighted by atomic mass is 32.2. The van der Waals surface area contributed by atoms with Crippen LogP contribution < -0.4 is 0 Å². The molecule has 1 aromatic rings. The molecule has 0 bridgehead atoms. The number of ether oxygens (including phenoxy) is 1. The Morgan fingerprint density at radius 3 is 2.64 bits per heavy atom. The van der Waals surface area contributed by atoms with Crippen LogP contribution in [0.4, 0.5) is 0 Å². The van der Waals surface area contributed by atoms with Crippen LogP contribution in [0.2, 0.25) is 0 Å². The van der Waals surface area contributed by atoms with Crippen molar-refractivity contribution >= 4 is 34.3 Å². The Kier molecular flexibility index (Phi) is 6.50. The Morgan fingerprint density at radius 2 is 1.96 bits per heavy atom. The summed E-state index contributed by atoms with van der Waals surface area (Å²) < 4.78 is 5.53. The van der Waals surface area contributed by atoms with Crippen LogP contribution in [0.1, 0.15) is 32.3 Å². The Balaban J connectivity index is 1.81. The first-order valence-electron chi connectivity index (χ1n) is 8.99. The number of thioether (sulfide) groups is 1. The monoisotopic (exact) mass is 373 g/mol. The lowest BCUT2D eigenvalue weighted by Crippen LogP contribution is -2.45. The summed E-state index contributed by atoms with van der Waals surface area (Å²) in [6, 6.07) is 11.1. The van der Waals surface area contributed by atoms with Crippen molar-refractivity contribution in [1.29, 1.82) is 0 Å².